The number of carbonyl (C=O) groups is 1. The molecule has 2 rings (SSSR count). The van der Waals surface area contributed by atoms with Gasteiger partial charge in [-0.25, -0.2) is 8.78 Å². The summed E-state index contributed by atoms with van der Waals surface area (Å²) in [6.45, 7) is 1.58. The SMILES string of the molecule is Cc1ccc(C(=O)NCc2cc(F)ccc2F)cc1O. The monoisotopic (exact) mass is 277 g/mol. The van der Waals surface area contributed by atoms with E-state index in [1.54, 1.807) is 19.1 Å². The molecule has 0 atom stereocenters. The molecule has 104 valence electrons. The van der Waals surface area contributed by atoms with Crippen molar-refractivity contribution in [2.24, 2.45) is 0 Å². The molecule has 2 aromatic carbocycles. The molecule has 0 radical (unpaired) electrons. The number of hydrogen-bond acceptors (Lipinski definition) is 2. The molecule has 0 saturated carbocycles. The van der Waals surface area contributed by atoms with Crippen molar-refractivity contribution < 1.29 is 18.7 Å². The fraction of sp³-hybridized carbons (Fsp3) is 0.133. The summed E-state index contributed by atoms with van der Waals surface area (Å²) in [5.74, 6) is -1.61. The Kier molecular flexibility index (Phi) is 3.98. The van der Waals surface area contributed by atoms with Crippen LogP contribution in [0.1, 0.15) is 21.5 Å². The van der Waals surface area contributed by atoms with Gasteiger partial charge in [0, 0.05) is 17.7 Å². The molecule has 0 unspecified atom stereocenters. The van der Waals surface area contributed by atoms with Gasteiger partial charge in [0.25, 0.3) is 5.91 Å². The number of aryl methyl sites for hydroxylation is 1. The molecule has 0 heterocycles. The smallest absolute Gasteiger partial charge is 0.251 e. The maximum Gasteiger partial charge on any atom is 0.251 e. The normalized spacial score (nSPS) is 10.3. The summed E-state index contributed by atoms with van der Waals surface area (Å²) in [4.78, 5) is 11.8. The number of benzene rings is 2. The van der Waals surface area contributed by atoms with Crippen LogP contribution in [0.15, 0.2) is 36.4 Å². The Hall–Kier alpha value is -2.43. The first-order valence-electron chi connectivity index (χ1n) is 5.99. The van der Waals surface area contributed by atoms with Crippen LogP contribution in [-0.2, 0) is 6.54 Å². The van der Waals surface area contributed by atoms with Crippen molar-refractivity contribution in [2.75, 3.05) is 0 Å². The third-order valence-corrected chi connectivity index (χ3v) is 2.92. The Morgan fingerprint density at radius 2 is 1.95 bits per heavy atom. The Labute approximate surface area is 114 Å². The summed E-state index contributed by atoms with van der Waals surface area (Å²) in [5.41, 5.74) is 0.970. The Balaban J connectivity index is 2.08. The summed E-state index contributed by atoms with van der Waals surface area (Å²) in [7, 11) is 0. The van der Waals surface area contributed by atoms with E-state index in [-0.39, 0.29) is 23.4 Å². The average Bonchev–Trinajstić information content (AvgIpc) is 2.42. The number of amides is 1. The molecule has 2 aromatic rings. The van der Waals surface area contributed by atoms with Gasteiger partial charge in [0.05, 0.1) is 0 Å². The van der Waals surface area contributed by atoms with Gasteiger partial charge < -0.3 is 10.4 Å². The van der Waals surface area contributed by atoms with Crippen LogP contribution in [-0.4, -0.2) is 11.0 Å². The summed E-state index contributed by atoms with van der Waals surface area (Å²) >= 11 is 0. The lowest BCUT2D eigenvalue weighted by Gasteiger charge is -2.07. The van der Waals surface area contributed by atoms with Gasteiger partial charge in [-0.2, -0.15) is 0 Å². The summed E-state index contributed by atoms with van der Waals surface area (Å²) in [5, 5.41) is 12.0. The molecule has 5 heteroatoms. The second kappa shape index (κ2) is 5.69. The number of phenols is 1. The van der Waals surface area contributed by atoms with Crippen LogP contribution in [0.5, 0.6) is 5.75 Å². The van der Waals surface area contributed by atoms with Crippen LogP contribution in [0.2, 0.25) is 0 Å². The topological polar surface area (TPSA) is 49.3 Å². The van der Waals surface area contributed by atoms with Crippen LogP contribution in [0.4, 0.5) is 8.78 Å². The maximum absolute atomic E-state index is 13.4. The van der Waals surface area contributed by atoms with E-state index in [0.29, 0.717) is 5.56 Å². The van der Waals surface area contributed by atoms with Crippen LogP contribution in [0.3, 0.4) is 0 Å². The van der Waals surface area contributed by atoms with E-state index in [1.807, 2.05) is 0 Å². The number of carbonyl (C=O) groups excluding carboxylic acids is 1. The number of aromatic hydroxyl groups is 1. The lowest BCUT2D eigenvalue weighted by Crippen LogP contribution is -2.23. The van der Waals surface area contributed by atoms with E-state index in [4.69, 9.17) is 0 Å². The minimum absolute atomic E-state index is 0.00888. The van der Waals surface area contributed by atoms with Crippen LogP contribution in [0.25, 0.3) is 0 Å². The van der Waals surface area contributed by atoms with Crippen LogP contribution in [0, 0.1) is 18.6 Å². The number of hydrogen-bond donors (Lipinski definition) is 2. The summed E-state index contributed by atoms with van der Waals surface area (Å²) in [6, 6.07) is 7.53. The lowest BCUT2D eigenvalue weighted by molar-refractivity contribution is 0.0950. The average molecular weight is 277 g/mol. The van der Waals surface area contributed by atoms with Crippen molar-refractivity contribution in [3.05, 3.63) is 64.7 Å². The Bertz CT molecular complexity index is 656. The molecule has 2 N–H and O–H groups in total. The largest absolute Gasteiger partial charge is 0.508 e. The molecular weight excluding hydrogens is 264 g/mol. The Morgan fingerprint density at radius 3 is 2.65 bits per heavy atom. The van der Waals surface area contributed by atoms with Crippen LogP contribution < -0.4 is 5.32 Å². The van der Waals surface area contributed by atoms with E-state index in [2.05, 4.69) is 5.32 Å². The molecule has 0 saturated heterocycles. The zero-order valence-corrected chi connectivity index (χ0v) is 10.8. The molecule has 1 amide bonds. The molecule has 0 bridgehead atoms. The number of halogens is 2. The van der Waals surface area contributed by atoms with Gasteiger partial charge in [-0.1, -0.05) is 6.07 Å². The molecule has 0 fully saturated rings. The zero-order valence-electron chi connectivity index (χ0n) is 10.8. The zero-order chi connectivity index (χ0) is 14.7. The fourth-order valence-electron chi connectivity index (χ4n) is 1.71. The van der Waals surface area contributed by atoms with Crippen molar-refractivity contribution in [1.29, 1.82) is 0 Å². The molecular formula is C15H13F2NO2. The van der Waals surface area contributed by atoms with Gasteiger partial charge in [0.15, 0.2) is 0 Å². The van der Waals surface area contributed by atoms with Gasteiger partial charge in [0.1, 0.15) is 17.4 Å². The molecule has 0 aliphatic carbocycles. The third kappa shape index (κ3) is 3.12. The minimum Gasteiger partial charge on any atom is -0.508 e. The number of nitrogens with one attached hydrogen (secondary N) is 1. The van der Waals surface area contributed by atoms with Crippen molar-refractivity contribution >= 4 is 5.91 Å². The predicted octanol–water partition coefficient (Wildman–Crippen LogP) is 2.91. The van der Waals surface area contributed by atoms with Crippen LogP contribution >= 0.6 is 0 Å². The number of phenolic OH excluding ortho intramolecular Hbond substituents is 1. The first-order chi connectivity index (χ1) is 9.47. The molecule has 3 nitrogen and oxygen atoms in total. The van der Waals surface area contributed by atoms with E-state index in [1.165, 1.54) is 6.07 Å². The highest BCUT2D eigenvalue weighted by molar-refractivity contribution is 5.94. The molecule has 0 aromatic heterocycles. The standard InChI is InChI=1S/C15H13F2NO2/c1-9-2-3-10(7-14(9)19)15(20)18-8-11-6-12(16)4-5-13(11)17/h2-7,19H,8H2,1H3,(H,18,20). The molecule has 0 aliphatic rings. The van der Waals surface area contributed by atoms with E-state index >= 15 is 0 Å². The van der Waals surface area contributed by atoms with Gasteiger partial charge in [-0.05, 0) is 42.8 Å². The molecule has 20 heavy (non-hydrogen) atoms. The summed E-state index contributed by atoms with van der Waals surface area (Å²) < 4.78 is 26.4. The number of rotatable bonds is 3. The van der Waals surface area contributed by atoms with E-state index in [9.17, 15) is 18.7 Å². The first kappa shape index (κ1) is 14.0. The quantitative estimate of drug-likeness (QED) is 0.906. The Morgan fingerprint density at radius 1 is 1.20 bits per heavy atom. The van der Waals surface area contributed by atoms with Gasteiger partial charge >= 0.3 is 0 Å². The highest BCUT2D eigenvalue weighted by Crippen LogP contribution is 2.17. The van der Waals surface area contributed by atoms with E-state index < -0.39 is 17.5 Å². The predicted molar refractivity (Wildman–Crippen MR) is 70.4 cm³/mol. The van der Waals surface area contributed by atoms with Crippen molar-refractivity contribution in [3.8, 4) is 5.75 Å². The fourth-order valence-corrected chi connectivity index (χ4v) is 1.71. The highest BCUT2D eigenvalue weighted by atomic mass is 19.1. The lowest BCUT2D eigenvalue weighted by atomic mass is 10.1. The van der Waals surface area contributed by atoms with Gasteiger partial charge in [-0.3, -0.25) is 4.79 Å². The second-order valence-corrected chi connectivity index (χ2v) is 4.42. The highest BCUT2D eigenvalue weighted by Gasteiger charge is 2.09. The van der Waals surface area contributed by atoms with Crippen molar-refractivity contribution in [1.82, 2.24) is 5.32 Å². The van der Waals surface area contributed by atoms with Crippen molar-refractivity contribution in [3.63, 3.8) is 0 Å². The molecule has 0 spiro atoms. The third-order valence-electron chi connectivity index (χ3n) is 2.92. The maximum atomic E-state index is 13.4. The second-order valence-electron chi connectivity index (χ2n) is 4.42. The summed E-state index contributed by atoms with van der Waals surface area (Å²) in [6.07, 6.45) is 0. The van der Waals surface area contributed by atoms with Gasteiger partial charge in [0.2, 0.25) is 0 Å². The van der Waals surface area contributed by atoms with Gasteiger partial charge in [-0.15, -0.1) is 0 Å². The molecule has 0 aliphatic heterocycles. The minimum atomic E-state index is -0.585. The van der Waals surface area contributed by atoms with Crippen molar-refractivity contribution in [2.45, 2.75) is 13.5 Å². The van der Waals surface area contributed by atoms with E-state index in [0.717, 1.165) is 18.2 Å². The first-order valence-corrected chi connectivity index (χ1v) is 5.99.